The van der Waals surface area contributed by atoms with Crippen molar-refractivity contribution in [1.29, 1.82) is 0 Å². The monoisotopic (exact) mass is 234 g/mol. The van der Waals surface area contributed by atoms with E-state index in [1.165, 1.54) is 5.56 Å². The minimum Gasteiger partial charge on any atom is -0.349 e. The Balaban J connectivity index is 2.55. The van der Waals surface area contributed by atoms with Crippen LogP contribution in [-0.2, 0) is 6.42 Å². The number of aryl methyl sites for hydroxylation is 1. The van der Waals surface area contributed by atoms with Gasteiger partial charge in [0.25, 0.3) is 0 Å². The summed E-state index contributed by atoms with van der Waals surface area (Å²) in [5, 5.41) is 0. The van der Waals surface area contributed by atoms with Crippen LogP contribution >= 0.6 is 0 Å². The number of rotatable bonds is 3. The van der Waals surface area contributed by atoms with Crippen LogP contribution < -0.4 is 0 Å². The van der Waals surface area contributed by atoms with Crippen molar-refractivity contribution >= 4 is 5.96 Å². The third-order valence-electron chi connectivity index (χ3n) is 2.43. The Kier molecular flexibility index (Phi) is 4.94. The lowest BCUT2D eigenvalue weighted by atomic mass is 10.2. The van der Waals surface area contributed by atoms with E-state index in [9.17, 15) is 0 Å². The van der Waals surface area contributed by atoms with E-state index in [0.717, 1.165) is 24.6 Å². The number of hydrogen-bond donors (Lipinski definition) is 0. The van der Waals surface area contributed by atoms with E-state index in [4.69, 9.17) is 0 Å². The summed E-state index contributed by atoms with van der Waals surface area (Å²) in [6, 6.07) is 4.15. The molecule has 0 saturated heterocycles. The van der Waals surface area contributed by atoms with Crippen molar-refractivity contribution in [1.82, 2.24) is 14.8 Å². The summed E-state index contributed by atoms with van der Waals surface area (Å²) in [4.78, 5) is 12.9. The molecule has 0 aromatic carbocycles. The normalized spacial score (nSPS) is 9.94. The molecule has 1 aromatic heterocycles. The van der Waals surface area contributed by atoms with Crippen molar-refractivity contribution in [3.8, 4) is 0 Å². The lowest BCUT2D eigenvalue weighted by Crippen LogP contribution is -2.35. The third-order valence-corrected chi connectivity index (χ3v) is 2.43. The average Bonchev–Trinajstić information content (AvgIpc) is 2.25. The van der Waals surface area contributed by atoms with Gasteiger partial charge < -0.3 is 9.80 Å². The van der Waals surface area contributed by atoms with Gasteiger partial charge in [-0.05, 0) is 25.0 Å². The molecule has 0 amide bonds. The quantitative estimate of drug-likeness (QED) is 0.585. The summed E-state index contributed by atoms with van der Waals surface area (Å²) in [6.07, 6.45) is 2.86. The highest BCUT2D eigenvalue weighted by molar-refractivity contribution is 5.79. The molecule has 0 aliphatic carbocycles. The first-order valence-electron chi connectivity index (χ1n) is 5.81. The van der Waals surface area contributed by atoms with Gasteiger partial charge in [0.15, 0.2) is 5.96 Å². The number of aliphatic imine (C=N–C) groups is 1. The smallest absolute Gasteiger partial charge is 0.195 e. The van der Waals surface area contributed by atoms with Crippen LogP contribution in [0.1, 0.15) is 11.3 Å². The first-order chi connectivity index (χ1) is 8.00. The van der Waals surface area contributed by atoms with Gasteiger partial charge >= 0.3 is 0 Å². The van der Waals surface area contributed by atoms with Gasteiger partial charge in [0.05, 0.1) is 0 Å². The second-order valence-corrected chi connectivity index (χ2v) is 4.53. The molecule has 1 aromatic rings. The molecule has 1 heterocycles. The van der Waals surface area contributed by atoms with Crippen LogP contribution in [0.15, 0.2) is 23.3 Å². The Morgan fingerprint density at radius 1 is 1.18 bits per heavy atom. The van der Waals surface area contributed by atoms with Gasteiger partial charge in [-0.2, -0.15) is 0 Å². The lowest BCUT2D eigenvalue weighted by Gasteiger charge is -2.22. The highest BCUT2D eigenvalue weighted by Crippen LogP contribution is 2.01. The number of hydrogen-bond acceptors (Lipinski definition) is 2. The molecule has 1 rings (SSSR count). The van der Waals surface area contributed by atoms with Gasteiger partial charge in [-0.15, -0.1) is 0 Å². The summed E-state index contributed by atoms with van der Waals surface area (Å²) in [5.74, 6) is 0.991. The summed E-state index contributed by atoms with van der Waals surface area (Å²) in [5.41, 5.74) is 2.29. The van der Waals surface area contributed by atoms with Crippen molar-refractivity contribution in [3.63, 3.8) is 0 Å². The van der Waals surface area contributed by atoms with Crippen molar-refractivity contribution < 1.29 is 0 Å². The zero-order valence-electron chi connectivity index (χ0n) is 11.4. The Labute approximate surface area is 104 Å². The van der Waals surface area contributed by atoms with E-state index in [-0.39, 0.29) is 0 Å². The predicted octanol–water partition coefficient (Wildman–Crippen LogP) is 1.41. The number of nitrogens with zero attached hydrogens (tertiary/aromatic N) is 4. The van der Waals surface area contributed by atoms with Crippen molar-refractivity contribution in [2.75, 3.05) is 34.7 Å². The average molecular weight is 234 g/mol. The van der Waals surface area contributed by atoms with Crippen LogP contribution in [0.5, 0.6) is 0 Å². The summed E-state index contributed by atoms with van der Waals surface area (Å²) in [7, 11) is 8.02. The zero-order valence-corrected chi connectivity index (χ0v) is 11.4. The van der Waals surface area contributed by atoms with Gasteiger partial charge in [-0.1, -0.05) is 6.07 Å². The second-order valence-electron chi connectivity index (χ2n) is 4.53. The molecule has 0 unspecified atom stereocenters. The Morgan fingerprint density at radius 3 is 2.29 bits per heavy atom. The Morgan fingerprint density at radius 2 is 1.82 bits per heavy atom. The highest BCUT2D eigenvalue weighted by Gasteiger charge is 2.03. The molecule has 17 heavy (non-hydrogen) atoms. The molecule has 0 N–H and O–H groups in total. The first kappa shape index (κ1) is 13.5. The largest absolute Gasteiger partial charge is 0.349 e. The predicted molar refractivity (Wildman–Crippen MR) is 72.4 cm³/mol. The fourth-order valence-electron chi connectivity index (χ4n) is 1.61. The number of pyridine rings is 1. The van der Waals surface area contributed by atoms with E-state index in [1.807, 2.05) is 57.2 Å². The minimum absolute atomic E-state index is 0.788. The Hall–Kier alpha value is -1.58. The van der Waals surface area contributed by atoms with E-state index in [1.54, 1.807) is 0 Å². The minimum atomic E-state index is 0.788. The van der Waals surface area contributed by atoms with Crippen molar-refractivity contribution in [2.24, 2.45) is 4.99 Å². The molecular formula is C13H22N4. The molecule has 0 saturated carbocycles. The molecule has 4 heteroatoms. The first-order valence-corrected chi connectivity index (χ1v) is 5.81. The fraction of sp³-hybridized carbons (Fsp3) is 0.538. The fourth-order valence-corrected chi connectivity index (χ4v) is 1.61. The van der Waals surface area contributed by atoms with Gasteiger partial charge in [0.2, 0.25) is 0 Å². The molecule has 0 spiro atoms. The molecule has 0 atom stereocenters. The summed E-state index contributed by atoms with van der Waals surface area (Å²) in [6.45, 7) is 2.79. The third kappa shape index (κ3) is 4.43. The molecule has 0 radical (unpaired) electrons. The van der Waals surface area contributed by atoms with Crippen molar-refractivity contribution in [3.05, 3.63) is 29.6 Å². The van der Waals surface area contributed by atoms with Crippen LogP contribution in [-0.4, -0.2) is 55.5 Å². The molecule has 0 aliphatic heterocycles. The maximum atomic E-state index is 4.58. The molecule has 0 aliphatic rings. The second kappa shape index (κ2) is 6.23. The van der Waals surface area contributed by atoms with Gasteiger partial charge in [0, 0.05) is 46.6 Å². The molecule has 0 bridgehead atoms. The van der Waals surface area contributed by atoms with Crippen LogP contribution in [0.4, 0.5) is 0 Å². The van der Waals surface area contributed by atoms with Gasteiger partial charge in [0.1, 0.15) is 0 Å². The standard InChI is InChI=1S/C13H22N4/c1-11-6-7-12(10-15-11)8-9-14-13(16(2)3)17(4)5/h6-7,10H,8-9H2,1-5H3. The van der Waals surface area contributed by atoms with Gasteiger partial charge in [-0.3, -0.25) is 9.98 Å². The van der Waals surface area contributed by atoms with Crippen molar-refractivity contribution in [2.45, 2.75) is 13.3 Å². The summed E-state index contributed by atoms with van der Waals surface area (Å²) < 4.78 is 0. The van der Waals surface area contributed by atoms with E-state index < -0.39 is 0 Å². The van der Waals surface area contributed by atoms with E-state index in [2.05, 4.69) is 16.0 Å². The maximum absolute atomic E-state index is 4.58. The van der Waals surface area contributed by atoms with Crippen LogP contribution in [0.25, 0.3) is 0 Å². The van der Waals surface area contributed by atoms with E-state index in [0.29, 0.717) is 0 Å². The Bertz CT molecular complexity index is 356. The number of aromatic nitrogens is 1. The highest BCUT2D eigenvalue weighted by atomic mass is 15.3. The SMILES string of the molecule is Cc1ccc(CCN=C(N(C)C)N(C)C)cn1. The topological polar surface area (TPSA) is 31.7 Å². The lowest BCUT2D eigenvalue weighted by molar-refractivity contribution is 0.479. The van der Waals surface area contributed by atoms with Crippen LogP contribution in [0.2, 0.25) is 0 Å². The van der Waals surface area contributed by atoms with Gasteiger partial charge in [-0.25, -0.2) is 0 Å². The van der Waals surface area contributed by atoms with Crippen LogP contribution in [0.3, 0.4) is 0 Å². The molecule has 0 fully saturated rings. The maximum Gasteiger partial charge on any atom is 0.195 e. The summed E-state index contributed by atoms with van der Waals surface area (Å²) >= 11 is 0. The number of guanidine groups is 1. The molecule has 94 valence electrons. The van der Waals surface area contributed by atoms with E-state index >= 15 is 0 Å². The zero-order chi connectivity index (χ0) is 12.8. The van der Waals surface area contributed by atoms with Crippen LogP contribution in [0, 0.1) is 6.92 Å². The molecular weight excluding hydrogens is 212 g/mol. The molecule has 4 nitrogen and oxygen atoms in total.